The predicted molar refractivity (Wildman–Crippen MR) is 120 cm³/mol. The number of anilines is 2. The molecule has 1 aliphatic rings. The minimum absolute atomic E-state index is 0.00299. The van der Waals surface area contributed by atoms with E-state index in [9.17, 15) is 9.59 Å². The van der Waals surface area contributed by atoms with Crippen molar-refractivity contribution in [2.75, 3.05) is 30.3 Å². The van der Waals surface area contributed by atoms with E-state index in [-0.39, 0.29) is 23.8 Å². The van der Waals surface area contributed by atoms with E-state index in [0.29, 0.717) is 24.7 Å². The van der Waals surface area contributed by atoms with Gasteiger partial charge in [0.15, 0.2) is 0 Å². The highest BCUT2D eigenvalue weighted by Crippen LogP contribution is 2.27. The number of ether oxygens (including phenoxy) is 1. The van der Waals surface area contributed by atoms with Crippen molar-refractivity contribution in [3.8, 4) is 5.75 Å². The highest BCUT2D eigenvalue weighted by atomic mass is 35.5. The van der Waals surface area contributed by atoms with Crippen molar-refractivity contribution in [3.63, 3.8) is 0 Å². The molecular weight excluding hydrogens is 402 g/mol. The highest BCUT2D eigenvalue weighted by Gasteiger charge is 2.30. The van der Waals surface area contributed by atoms with Crippen molar-refractivity contribution in [2.24, 2.45) is 11.8 Å². The summed E-state index contributed by atoms with van der Waals surface area (Å²) in [6.07, 6.45) is 1.60. The molecule has 1 heterocycles. The predicted octanol–water partition coefficient (Wildman–Crippen LogP) is 5.26. The lowest BCUT2D eigenvalue weighted by molar-refractivity contribution is -0.121. The molecule has 2 N–H and O–H groups in total. The van der Waals surface area contributed by atoms with Gasteiger partial charge in [0.05, 0.1) is 6.61 Å². The molecule has 30 heavy (non-hydrogen) atoms. The molecule has 3 rings (SSSR count). The number of piperidine rings is 1. The van der Waals surface area contributed by atoms with Gasteiger partial charge in [-0.05, 0) is 74.2 Å². The Kier molecular flexibility index (Phi) is 7.57. The zero-order valence-electron chi connectivity index (χ0n) is 17.4. The number of carbonyl (C=O) groups excluding carboxylic acids is 2. The summed E-state index contributed by atoms with van der Waals surface area (Å²) in [5.41, 5.74) is 1.48. The van der Waals surface area contributed by atoms with Gasteiger partial charge in [-0.15, -0.1) is 0 Å². The summed E-state index contributed by atoms with van der Waals surface area (Å²) in [7, 11) is 0. The number of likely N-dealkylation sites (tertiary alicyclic amines) is 1. The Bertz CT molecular complexity index is 847. The largest absolute Gasteiger partial charge is 0.494 e. The van der Waals surface area contributed by atoms with Gasteiger partial charge < -0.3 is 20.3 Å². The molecule has 0 bridgehead atoms. The Balaban J connectivity index is 1.46. The molecule has 3 amide bonds. The van der Waals surface area contributed by atoms with E-state index in [0.717, 1.165) is 30.0 Å². The molecule has 1 fully saturated rings. The Labute approximate surface area is 182 Å². The summed E-state index contributed by atoms with van der Waals surface area (Å²) in [5.74, 6) is 0.904. The fraction of sp³-hybridized carbons (Fsp3) is 0.391. The maximum Gasteiger partial charge on any atom is 0.321 e. The number of hydrogen-bond donors (Lipinski definition) is 2. The van der Waals surface area contributed by atoms with Crippen molar-refractivity contribution >= 4 is 34.9 Å². The second-order valence-electron chi connectivity index (χ2n) is 7.50. The normalized spacial score (nSPS) is 15.4. The first-order chi connectivity index (χ1) is 14.5. The maximum atomic E-state index is 12.7. The number of carbonyl (C=O) groups is 2. The van der Waals surface area contributed by atoms with Crippen LogP contribution in [-0.4, -0.2) is 36.5 Å². The Morgan fingerprint density at radius 1 is 1.03 bits per heavy atom. The zero-order valence-corrected chi connectivity index (χ0v) is 18.1. The van der Waals surface area contributed by atoms with E-state index in [1.54, 1.807) is 29.2 Å². The molecule has 0 radical (unpaired) electrons. The molecule has 0 aliphatic carbocycles. The van der Waals surface area contributed by atoms with Crippen LogP contribution in [0.2, 0.25) is 5.02 Å². The lowest BCUT2D eigenvalue weighted by Gasteiger charge is -2.34. The number of nitrogens with one attached hydrogen (secondary N) is 2. The molecule has 0 saturated carbocycles. The summed E-state index contributed by atoms with van der Waals surface area (Å²) in [6.45, 7) is 5.76. The van der Waals surface area contributed by atoms with Crippen molar-refractivity contribution in [1.82, 2.24) is 4.90 Å². The number of nitrogens with zero attached hydrogens (tertiary/aromatic N) is 1. The van der Waals surface area contributed by atoms with Gasteiger partial charge in [0.25, 0.3) is 0 Å². The molecule has 0 aromatic heterocycles. The number of rotatable bonds is 6. The van der Waals surface area contributed by atoms with Crippen LogP contribution in [0.15, 0.2) is 48.5 Å². The van der Waals surface area contributed by atoms with Crippen LogP contribution in [0.25, 0.3) is 0 Å². The zero-order chi connectivity index (χ0) is 21.5. The Hall–Kier alpha value is -2.73. The van der Waals surface area contributed by atoms with Crippen LogP contribution in [0.3, 0.4) is 0 Å². The first-order valence-corrected chi connectivity index (χ1v) is 10.7. The maximum absolute atomic E-state index is 12.7. The molecule has 0 spiro atoms. The summed E-state index contributed by atoms with van der Waals surface area (Å²) >= 11 is 5.88. The SMILES string of the molecule is CCOc1ccc(NC(=O)[C@@H](C)C2CCN(C(=O)Nc3ccc(Cl)cc3)CC2)cc1. The van der Waals surface area contributed by atoms with Gasteiger partial charge in [0.1, 0.15) is 5.75 Å². The van der Waals surface area contributed by atoms with E-state index in [2.05, 4.69) is 10.6 Å². The second-order valence-corrected chi connectivity index (χ2v) is 7.93. The van der Waals surface area contributed by atoms with Crippen LogP contribution in [0.4, 0.5) is 16.2 Å². The number of amides is 3. The van der Waals surface area contributed by atoms with E-state index < -0.39 is 0 Å². The molecule has 2 aromatic rings. The number of halogens is 1. The first-order valence-electron chi connectivity index (χ1n) is 10.3. The van der Waals surface area contributed by atoms with Gasteiger partial charge in [-0.2, -0.15) is 0 Å². The van der Waals surface area contributed by atoms with Crippen LogP contribution < -0.4 is 15.4 Å². The van der Waals surface area contributed by atoms with E-state index in [1.807, 2.05) is 38.1 Å². The summed E-state index contributed by atoms with van der Waals surface area (Å²) in [4.78, 5) is 26.9. The lowest BCUT2D eigenvalue weighted by Crippen LogP contribution is -2.43. The van der Waals surface area contributed by atoms with Crippen LogP contribution in [0.1, 0.15) is 26.7 Å². The molecule has 2 aromatic carbocycles. The highest BCUT2D eigenvalue weighted by molar-refractivity contribution is 6.30. The van der Waals surface area contributed by atoms with E-state index in [1.165, 1.54) is 0 Å². The fourth-order valence-electron chi connectivity index (χ4n) is 3.61. The van der Waals surface area contributed by atoms with Crippen LogP contribution in [0.5, 0.6) is 5.75 Å². The average molecular weight is 430 g/mol. The first kappa shape index (κ1) is 22.0. The minimum atomic E-state index is -0.127. The molecule has 160 valence electrons. The van der Waals surface area contributed by atoms with E-state index in [4.69, 9.17) is 16.3 Å². The van der Waals surface area contributed by atoms with Gasteiger partial charge in [0.2, 0.25) is 5.91 Å². The monoisotopic (exact) mass is 429 g/mol. The number of benzene rings is 2. The second kappa shape index (κ2) is 10.3. The summed E-state index contributed by atoms with van der Waals surface area (Å²) in [6, 6.07) is 14.3. The summed E-state index contributed by atoms with van der Waals surface area (Å²) < 4.78 is 5.42. The molecule has 7 heteroatoms. The topological polar surface area (TPSA) is 70.7 Å². The van der Waals surface area contributed by atoms with Gasteiger partial charge in [0, 0.05) is 35.4 Å². The number of urea groups is 1. The Morgan fingerprint density at radius 2 is 1.60 bits per heavy atom. The third-order valence-corrected chi connectivity index (χ3v) is 5.73. The van der Waals surface area contributed by atoms with Crippen LogP contribution in [-0.2, 0) is 4.79 Å². The number of hydrogen-bond acceptors (Lipinski definition) is 3. The fourth-order valence-corrected chi connectivity index (χ4v) is 3.74. The molecular formula is C23H28ClN3O3. The molecule has 0 unspecified atom stereocenters. The van der Waals surface area contributed by atoms with Gasteiger partial charge in [-0.3, -0.25) is 4.79 Å². The van der Waals surface area contributed by atoms with Crippen molar-refractivity contribution in [1.29, 1.82) is 0 Å². The van der Waals surface area contributed by atoms with Gasteiger partial charge >= 0.3 is 6.03 Å². The lowest BCUT2D eigenvalue weighted by atomic mass is 9.85. The minimum Gasteiger partial charge on any atom is -0.494 e. The van der Waals surface area contributed by atoms with Crippen molar-refractivity contribution < 1.29 is 14.3 Å². The van der Waals surface area contributed by atoms with Gasteiger partial charge in [-0.1, -0.05) is 18.5 Å². The standard InChI is InChI=1S/C23H28ClN3O3/c1-3-30-21-10-8-19(9-11-21)25-22(28)16(2)17-12-14-27(15-13-17)23(29)26-20-6-4-18(24)5-7-20/h4-11,16-17H,3,12-15H2,1-2H3,(H,25,28)(H,26,29)/t16-/m0/s1. The third-order valence-electron chi connectivity index (χ3n) is 5.48. The van der Waals surface area contributed by atoms with Crippen molar-refractivity contribution in [2.45, 2.75) is 26.7 Å². The Morgan fingerprint density at radius 3 is 2.20 bits per heavy atom. The third kappa shape index (κ3) is 5.89. The summed E-state index contributed by atoms with van der Waals surface area (Å²) in [5, 5.41) is 6.50. The molecule has 1 aliphatic heterocycles. The van der Waals surface area contributed by atoms with Crippen molar-refractivity contribution in [3.05, 3.63) is 53.6 Å². The smallest absolute Gasteiger partial charge is 0.321 e. The van der Waals surface area contributed by atoms with Crippen LogP contribution in [0, 0.1) is 11.8 Å². The molecule has 6 nitrogen and oxygen atoms in total. The molecule has 1 atom stereocenters. The van der Waals surface area contributed by atoms with Crippen LogP contribution >= 0.6 is 11.6 Å². The molecule has 1 saturated heterocycles. The van der Waals surface area contributed by atoms with E-state index >= 15 is 0 Å². The quantitative estimate of drug-likeness (QED) is 0.658. The van der Waals surface area contributed by atoms with Gasteiger partial charge in [-0.25, -0.2) is 4.79 Å². The average Bonchev–Trinajstić information content (AvgIpc) is 2.76.